The van der Waals surface area contributed by atoms with Crippen molar-refractivity contribution in [3.8, 4) is 0 Å². The number of thioether (sulfide) groups is 1. The summed E-state index contributed by atoms with van der Waals surface area (Å²) in [6.45, 7) is 7.66. The number of nitrogens with zero attached hydrogens (tertiary/aromatic N) is 1. The Labute approximate surface area is 164 Å². The predicted octanol–water partition coefficient (Wildman–Crippen LogP) is 3.50. The molecule has 2 aromatic carbocycles. The average Bonchev–Trinajstić information content (AvgIpc) is 2.70. The molecular formula is C21H25N3O2S. The molecule has 0 aliphatic carbocycles. The Hall–Kier alpha value is -2.31. The number of benzene rings is 2. The average molecular weight is 384 g/mol. The number of rotatable bonds is 7. The molecule has 2 aromatic rings. The fraction of sp³-hybridized carbons (Fsp3) is 0.333. The van der Waals surface area contributed by atoms with E-state index in [1.807, 2.05) is 18.2 Å². The number of hydrogen-bond donors (Lipinski definition) is 2. The molecule has 0 saturated heterocycles. The van der Waals surface area contributed by atoms with Gasteiger partial charge in [-0.1, -0.05) is 38.1 Å². The number of nitrogens with one attached hydrogen (secondary N) is 2. The lowest BCUT2D eigenvalue weighted by Gasteiger charge is -2.20. The normalized spacial score (nSPS) is 13.2. The van der Waals surface area contributed by atoms with E-state index in [-0.39, 0.29) is 11.8 Å². The van der Waals surface area contributed by atoms with Crippen molar-refractivity contribution in [1.29, 1.82) is 0 Å². The van der Waals surface area contributed by atoms with Gasteiger partial charge in [-0.2, -0.15) is 0 Å². The molecular weight excluding hydrogens is 358 g/mol. The van der Waals surface area contributed by atoms with E-state index in [0.29, 0.717) is 23.5 Å². The highest BCUT2D eigenvalue weighted by Gasteiger charge is 2.17. The predicted molar refractivity (Wildman–Crippen MR) is 110 cm³/mol. The van der Waals surface area contributed by atoms with Crippen LogP contribution in [0.2, 0.25) is 0 Å². The number of anilines is 1. The van der Waals surface area contributed by atoms with Crippen molar-refractivity contribution in [3.63, 3.8) is 0 Å². The molecule has 0 fully saturated rings. The first kappa shape index (κ1) is 19.5. The van der Waals surface area contributed by atoms with Gasteiger partial charge >= 0.3 is 0 Å². The lowest BCUT2D eigenvalue weighted by Crippen LogP contribution is -2.26. The first-order valence-electron chi connectivity index (χ1n) is 9.24. The van der Waals surface area contributed by atoms with Crippen LogP contribution < -0.4 is 10.6 Å². The summed E-state index contributed by atoms with van der Waals surface area (Å²) in [5, 5.41) is 5.83. The van der Waals surface area contributed by atoms with Crippen LogP contribution in [0.4, 0.5) is 5.69 Å². The second-order valence-corrected chi connectivity index (χ2v) is 7.48. The molecule has 0 saturated carbocycles. The molecule has 0 aromatic heterocycles. The van der Waals surface area contributed by atoms with Crippen LogP contribution in [0.25, 0.3) is 0 Å². The van der Waals surface area contributed by atoms with Gasteiger partial charge in [0.25, 0.3) is 5.91 Å². The molecule has 0 radical (unpaired) electrons. The van der Waals surface area contributed by atoms with Gasteiger partial charge in [0.05, 0.1) is 11.4 Å². The quantitative estimate of drug-likeness (QED) is 0.768. The van der Waals surface area contributed by atoms with E-state index in [1.54, 1.807) is 12.1 Å². The van der Waals surface area contributed by atoms with Crippen LogP contribution in [0.3, 0.4) is 0 Å². The third kappa shape index (κ3) is 4.90. The Balaban J connectivity index is 1.68. The van der Waals surface area contributed by atoms with Gasteiger partial charge in [0.15, 0.2) is 0 Å². The maximum absolute atomic E-state index is 12.6. The topological polar surface area (TPSA) is 61.4 Å². The number of amides is 2. The molecule has 27 heavy (non-hydrogen) atoms. The summed E-state index contributed by atoms with van der Waals surface area (Å²) in [7, 11) is 0. The van der Waals surface area contributed by atoms with Crippen molar-refractivity contribution >= 4 is 29.3 Å². The van der Waals surface area contributed by atoms with Crippen molar-refractivity contribution in [2.45, 2.75) is 31.8 Å². The zero-order valence-corrected chi connectivity index (χ0v) is 16.6. The zero-order chi connectivity index (χ0) is 19.2. The Morgan fingerprint density at radius 3 is 2.63 bits per heavy atom. The minimum Gasteiger partial charge on any atom is -0.348 e. The molecule has 2 amide bonds. The van der Waals surface area contributed by atoms with E-state index in [0.717, 1.165) is 30.1 Å². The van der Waals surface area contributed by atoms with Gasteiger partial charge in [-0.05, 0) is 42.4 Å². The number of carbonyl (C=O) groups is 2. The molecule has 6 heteroatoms. The van der Waals surface area contributed by atoms with Gasteiger partial charge in [-0.25, -0.2) is 0 Å². The van der Waals surface area contributed by atoms with Crippen LogP contribution in [-0.2, 0) is 17.9 Å². The summed E-state index contributed by atoms with van der Waals surface area (Å²) >= 11 is 1.49. The van der Waals surface area contributed by atoms with Crippen LogP contribution in [0.15, 0.2) is 47.4 Å². The number of fused-ring (bicyclic) bond motifs is 1. The van der Waals surface area contributed by atoms with Crippen molar-refractivity contribution in [2.75, 3.05) is 24.2 Å². The summed E-state index contributed by atoms with van der Waals surface area (Å²) in [5.74, 6) is 0.248. The number of carbonyl (C=O) groups excluding carboxylic acids is 2. The van der Waals surface area contributed by atoms with Gasteiger partial charge in [0.2, 0.25) is 5.91 Å². The molecule has 142 valence electrons. The van der Waals surface area contributed by atoms with Crippen LogP contribution in [0, 0.1) is 0 Å². The monoisotopic (exact) mass is 383 g/mol. The van der Waals surface area contributed by atoms with Gasteiger partial charge in [-0.3, -0.25) is 14.5 Å². The lowest BCUT2D eigenvalue weighted by atomic mass is 10.1. The third-order valence-electron chi connectivity index (χ3n) is 4.72. The summed E-state index contributed by atoms with van der Waals surface area (Å²) in [6, 6.07) is 13.7. The first-order chi connectivity index (χ1) is 13.1. The Bertz CT molecular complexity index is 834. The van der Waals surface area contributed by atoms with E-state index in [4.69, 9.17) is 0 Å². The Morgan fingerprint density at radius 2 is 1.89 bits per heavy atom. The highest BCUT2D eigenvalue weighted by atomic mass is 32.2. The summed E-state index contributed by atoms with van der Waals surface area (Å²) < 4.78 is 0. The van der Waals surface area contributed by atoms with Gasteiger partial charge in [-0.15, -0.1) is 11.8 Å². The summed E-state index contributed by atoms with van der Waals surface area (Å²) in [6.07, 6.45) is 0. The lowest BCUT2D eigenvalue weighted by molar-refractivity contribution is -0.113. The highest BCUT2D eigenvalue weighted by molar-refractivity contribution is 8.00. The van der Waals surface area contributed by atoms with E-state index in [1.165, 1.54) is 17.3 Å². The first-order valence-corrected chi connectivity index (χ1v) is 10.2. The van der Waals surface area contributed by atoms with E-state index in [2.05, 4.69) is 41.5 Å². The molecule has 1 aliphatic rings. The molecule has 0 bridgehead atoms. The van der Waals surface area contributed by atoms with Gasteiger partial charge in [0, 0.05) is 23.5 Å². The molecule has 5 nitrogen and oxygen atoms in total. The molecule has 1 heterocycles. The highest BCUT2D eigenvalue weighted by Crippen LogP contribution is 2.31. The van der Waals surface area contributed by atoms with Crippen LogP contribution in [0.5, 0.6) is 0 Å². The summed E-state index contributed by atoms with van der Waals surface area (Å²) in [4.78, 5) is 27.5. The van der Waals surface area contributed by atoms with Crippen LogP contribution >= 0.6 is 11.8 Å². The van der Waals surface area contributed by atoms with Gasteiger partial charge in [0.1, 0.15) is 0 Å². The molecule has 3 rings (SSSR count). The van der Waals surface area contributed by atoms with Crippen LogP contribution in [0.1, 0.15) is 35.3 Å². The third-order valence-corrected chi connectivity index (χ3v) is 5.79. The van der Waals surface area contributed by atoms with Crippen molar-refractivity contribution in [3.05, 3.63) is 59.2 Å². The zero-order valence-electron chi connectivity index (χ0n) is 15.7. The Morgan fingerprint density at radius 1 is 1.15 bits per heavy atom. The second kappa shape index (κ2) is 9.06. The Kier molecular flexibility index (Phi) is 6.53. The molecule has 2 N–H and O–H groups in total. The molecule has 0 spiro atoms. The van der Waals surface area contributed by atoms with E-state index in [9.17, 15) is 9.59 Å². The second-order valence-electron chi connectivity index (χ2n) is 6.46. The fourth-order valence-electron chi connectivity index (χ4n) is 3.07. The van der Waals surface area contributed by atoms with Crippen molar-refractivity contribution in [2.24, 2.45) is 0 Å². The van der Waals surface area contributed by atoms with Crippen molar-refractivity contribution < 1.29 is 9.59 Å². The van der Waals surface area contributed by atoms with Gasteiger partial charge < -0.3 is 10.6 Å². The number of hydrogen-bond acceptors (Lipinski definition) is 4. The van der Waals surface area contributed by atoms with E-state index >= 15 is 0 Å². The SMILES string of the molecule is CCN(CC)Cc1ccccc1CNC(=O)c1ccc2c(c1)NC(=O)CS2. The molecule has 1 aliphatic heterocycles. The molecule has 0 unspecified atom stereocenters. The summed E-state index contributed by atoms with van der Waals surface area (Å²) in [5.41, 5.74) is 3.62. The smallest absolute Gasteiger partial charge is 0.251 e. The standard InChI is InChI=1S/C21H25N3O2S/c1-3-24(4-2)13-17-8-6-5-7-16(17)12-22-21(26)15-9-10-19-18(11-15)23-20(25)14-27-19/h5-11H,3-4,12-14H2,1-2H3,(H,22,26)(H,23,25). The van der Waals surface area contributed by atoms with Crippen molar-refractivity contribution in [1.82, 2.24) is 10.2 Å². The fourth-order valence-corrected chi connectivity index (χ4v) is 3.86. The minimum atomic E-state index is -0.139. The largest absolute Gasteiger partial charge is 0.348 e. The minimum absolute atomic E-state index is 0.0320. The maximum Gasteiger partial charge on any atom is 0.251 e. The maximum atomic E-state index is 12.6. The van der Waals surface area contributed by atoms with Crippen LogP contribution in [-0.4, -0.2) is 35.6 Å². The molecule has 0 atom stereocenters. The van der Waals surface area contributed by atoms with E-state index < -0.39 is 0 Å².